The number of imide groups is 1. The molecular weight excluding hydrogens is 370 g/mol. The van der Waals surface area contributed by atoms with Gasteiger partial charge in [-0.05, 0) is 37.5 Å². The lowest BCUT2D eigenvalue weighted by Gasteiger charge is -2.10. The van der Waals surface area contributed by atoms with Crippen LogP contribution in [-0.2, 0) is 4.79 Å². The number of carbonyl (C=O) groups is 2. The number of benzene rings is 1. The fraction of sp³-hybridized carbons (Fsp3) is 0.412. The Bertz CT molecular complexity index is 763. The van der Waals surface area contributed by atoms with Crippen molar-refractivity contribution in [3.8, 4) is 0 Å². The molecule has 0 atom stereocenters. The number of unbranched alkanes of at least 4 members (excludes halogenated alkanes) is 1. The molecule has 0 saturated heterocycles. The van der Waals surface area contributed by atoms with Crippen molar-refractivity contribution in [1.82, 2.24) is 15.5 Å². The van der Waals surface area contributed by atoms with E-state index in [9.17, 15) is 9.59 Å². The average Bonchev–Trinajstić information content (AvgIpc) is 3.05. The molecule has 3 amide bonds. The van der Waals surface area contributed by atoms with E-state index < -0.39 is 6.03 Å². The standard InChI is InChI=1S/C17H23N5O2S2/c1-4-5-9-18-16-21-22-17(26-16)25-10-14(23)20-15(24)19-13-8-6-7-11(2)12(13)3/h6-8H,4-5,9-10H2,1-3H3,(H,18,21)(H2,19,20,23,24). The third-order valence-corrected chi connectivity index (χ3v) is 5.66. The molecule has 0 saturated carbocycles. The van der Waals surface area contributed by atoms with Crippen LogP contribution in [0.15, 0.2) is 22.5 Å². The van der Waals surface area contributed by atoms with Crippen LogP contribution in [0.4, 0.5) is 15.6 Å². The van der Waals surface area contributed by atoms with E-state index in [1.54, 1.807) is 6.07 Å². The number of hydrogen-bond acceptors (Lipinski definition) is 7. The van der Waals surface area contributed by atoms with Crippen molar-refractivity contribution in [3.05, 3.63) is 29.3 Å². The highest BCUT2D eigenvalue weighted by Gasteiger charge is 2.12. The number of aryl methyl sites for hydroxylation is 1. The maximum atomic E-state index is 12.0. The van der Waals surface area contributed by atoms with Gasteiger partial charge in [0.1, 0.15) is 0 Å². The molecule has 0 radical (unpaired) electrons. The largest absolute Gasteiger partial charge is 0.360 e. The van der Waals surface area contributed by atoms with Gasteiger partial charge in [-0.25, -0.2) is 4.79 Å². The minimum atomic E-state index is -0.538. The Balaban J connectivity index is 1.76. The number of hydrogen-bond donors (Lipinski definition) is 3. The molecule has 0 unspecified atom stereocenters. The zero-order chi connectivity index (χ0) is 18.9. The van der Waals surface area contributed by atoms with E-state index in [1.165, 1.54) is 23.1 Å². The topological polar surface area (TPSA) is 96.0 Å². The van der Waals surface area contributed by atoms with Gasteiger partial charge in [0.2, 0.25) is 11.0 Å². The van der Waals surface area contributed by atoms with Crippen molar-refractivity contribution in [2.75, 3.05) is 22.9 Å². The molecule has 1 aromatic heterocycles. The Morgan fingerprint density at radius 2 is 2.04 bits per heavy atom. The molecule has 1 aromatic carbocycles. The predicted molar refractivity (Wildman–Crippen MR) is 107 cm³/mol. The molecule has 140 valence electrons. The molecule has 2 rings (SSSR count). The first kappa shape index (κ1) is 20.2. The van der Waals surface area contributed by atoms with Gasteiger partial charge in [0.25, 0.3) is 0 Å². The van der Waals surface area contributed by atoms with E-state index in [1.807, 2.05) is 26.0 Å². The van der Waals surface area contributed by atoms with Crippen LogP contribution in [0.25, 0.3) is 0 Å². The van der Waals surface area contributed by atoms with Crippen molar-refractivity contribution in [3.63, 3.8) is 0 Å². The van der Waals surface area contributed by atoms with Gasteiger partial charge in [-0.1, -0.05) is 48.6 Å². The Hall–Kier alpha value is -2.13. The van der Waals surface area contributed by atoms with Gasteiger partial charge in [0.05, 0.1) is 5.75 Å². The van der Waals surface area contributed by atoms with E-state index in [2.05, 4.69) is 33.1 Å². The summed E-state index contributed by atoms with van der Waals surface area (Å²) >= 11 is 2.65. The van der Waals surface area contributed by atoms with E-state index >= 15 is 0 Å². The lowest BCUT2D eigenvalue weighted by Crippen LogP contribution is -2.35. The zero-order valence-electron chi connectivity index (χ0n) is 15.1. The number of thioether (sulfide) groups is 1. The summed E-state index contributed by atoms with van der Waals surface area (Å²) in [4.78, 5) is 23.9. The van der Waals surface area contributed by atoms with Crippen LogP contribution < -0.4 is 16.0 Å². The molecule has 0 fully saturated rings. The number of carbonyl (C=O) groups excluding carboxylic acids is 2. The number of amides is 3. The summed E-state index contributed by atoms with van der Waals surface area (Å²) in [7, 11) is 0. The molecule has 3 N–H and O–H groups in total. The third kappa shape index (κ3) is 6.30. The van der Waals surface area contributed by atoms with Crippen molar-refractivity contribution < 1.29 is 9.59 Å². The first-order valence-corrected chi connectivity index (χ1v) is 10.2. The highest BCUT2D eigenvalue weighted by molar-refractivity contribution is 8.01. The molecule has 0 spiro atoms. The molecule has 0 bridgehead atoms. The molecular formula is C17H23N5O2S2. The summed E-state index contributed by atoms with van der Waals surface area (Å²) in [6, 6.07) is 5.09. The van der Waals surface area contributed by atoms with Gasteiger partial charge < -0.3 is 10.6 Å². The van der Waals surface area contributed by atoms with Crippen molar-refractivity contribution >= 4 is 45.9 Å². The quantitative estimate of drug-likeness (QED) is 0.466. The second kappa shape index (κ2) is 10.1. The van der Waals surface area contributed by atoms with Gasteiger partial charge in [-0.3, -0.25) is 10.1 Å². The average molecular weight is 394 g/mol. The molecule has 26 heavy (non-hydrogen) atoms. The molecule has 7 nitrogen and oxygen atoms in total. The fourth-order valence-corrected chi connectivity index (χ4v) is 3.62. The molecule has 0 aliphatic rings. The van der Waals surface area contributed by atoms with Gasteiger partial charge in [0, 0.05) is 12.2 Å². The summed E-state index contributed by atoms with van der Waals surface area (Å²) in [5.41, 5.74) is 2.74. The minimum absolute atomic E-state index is 0.101. The zero-order valence-corrected chi connectivity index (χ0v) is 16.7. The Morgan fingerprint density at radius 3 is 2.81 bits per heavy atom. The van der Waals surface area contributed by atoms with E-state index in [-0.39, 0.29) is 11.7 Å². The number of aromatic nitrogens is 2. The van der Waals surface area contributed by atoms with Crippen LogP contribution in [-0.4, -0.2) is 34.4 Å². The van der Waals surface area contributed by atoms with Gasteiger partial charge >= 0.3 is 6.03 Å². The number of nitrogens with one attached hydrogen (secondary N) is 3. The molecule has 1 heterocycles. The van der Waals surface area contributed by atoms with Crippen molar-refractivity contribution in [2.24, 2.45) is 0 Å². The van der Waals surface area contributed by atoms with Crippen LogP contribution in [0.2, 0.25) is 0 Å². The fourth-order valence-electron chi connectivity index (χ4n) is 2.04. The highest BCUT2D eigenvalue weighted by Crippen LogP contribution is 2.25. The monoisotopic (exact) mass is 393 g/mol. The van der Waals surface area contributed by atoms with E-state index in [4.69, 9.17) is 0 Å². The smallest absolute Gasteiger partial charge is 0.325 e. The second-order valence-electron chi connectivity index (χ2n) is 5.69. The van der Waals surface area contributed by atoms with E-state index in [0.717, 1.165) is 35.6 Å². The number of nitrogens with zero attached hydrogens (tertiary/aromatic N) is 2. The first-order valence-electron chi connectivity index (χ1n) is 8.36. The van der Waals surface area contributed by atoms with Crippen LogP contribution in [0.1, 0.15) is 30.9 Å². The highest BCUT2D eigenvalue weighted by atomic mass is 32.2. The number of anilines is 2. The Labute approximate surface area is 161 Å². The SMILES string of the molecule is CCCCNc1nnc(SCC(=O)NC(=O)Nc2cccc(C)c2C)s1. The summed E-state index contributed by atoms with van der Waals surface area (Å²) in [6.07, 6.45) is 2.18. The summed E-state index contributed by atoms with van der Waals surface area (Å²) in [5, 5.41) is 17.0. The van der Waals surface area contributed by atoms with Gasteiger partial charge in [0.15, 0.2) is 4.34 Å². The molecule has 9 heteroatoms. The normalized spacial score (nSPS) is 10.4. The van der Waals surface area contributed by atoms with Gasteiger partial charge in [-0.2, -0.15) is 0 Å². The Kier molecular flexibility index (Phi) is 7.86. The lowest BCUT2D eigenvalue weighted by atomic mass is 10.1. The maximum Gasteiger partial charge on any atom is 0.325 e. The summed E-state index contributed by atoms with van der Waals surface area (Å²) < 4.78 is 0.689. The van der Waals surface area contributed by atoms with Crippen LogP contribution in [0, 0.1) is 13.8 Å². The molecule has 2 aromatic rings. The van der Waals surface area contributed by atoms with Gasteiger partial charge in [-0.15, -0.1) is 10.2 Å². The van der Waals surface area contributed by atoms with Crippen LogP contribution >= 0.6 is 23.1 Å². The number of urea groups is 1. The van der Waals surface area contributed by atoms with Crippen LogP contribution in [0.3, 0.4) is 0 Å². The maximum absolute atomic E-state index is 12.0. The predicted octanol–water partition coefficient (Wildman–Crippen LogP) is 3.81. The Morgan fingerprint density at radius 1 is 1.23 bits per heavy atom. The van der Waals surface area contributed by atoms with Crippen molar-refractivity contribution in [2.45, 2.75) is 38.0 Å². The number of rotatable bonds is 8. The molecule has 0 aliphatic carbocycles. The third-order valence-electron chi connectivity index (χ3n) is 3.65. The van der Waals surface area contributed by atoms with E-state index in [0.29, 0.717) is 10.0 Å². The first-order chi connectivity index (χ1) is 12.5. The molecule has 0 aliphatic heterocycles. The van der Waals surface area contributed by atoms with Crippen LogP contribution in [0.5, 0.6) is 0 Å². The van der Waals surface area contributed by atoms with Crippen molar-refractivity contribution in [1.29, 1.82) is 0 Å². The lowest BCUT2D eigenvalue weighted by molar-refractivity contribution is -0.117. The minimum Gasteiger partial charge on any atom is -0.360 e. The second-order valence-corrected chi connectivity index (χ2v) is 7.89. The summed E-state index contributed by atoms with van der Waals surface area (Å²) in [6.45, 7) is 6.87. The summed E-state index contributed by atoms with van der Waals surface area (Å²) in [5.74, 6) is -0.280.